The molecule has 9 heteroatoms. The molecule has 0 radical (unpaired) electrons. The first-order chi connectivity index (χ1) is 18.5. The van der Waals surface area contributed by atoms with Crippen LogP contribution in [0.25, 0.3) is 5.70 Å². The van der Waals surface area contributed by atoms with E-state index in [0.717, 1.165) is 40.9 Å². The molecule has 0 fully saturated rings. The van der Waals surface area contributed by atoms with Crippen LogP contribution < -0.4 is 10.1 Å². The van der Waals surface area contributed by atoms with Crippen LogP contribution in [0.1, 0.15) is 49.8 Å². The van der Waals surface area contributed by atoms with Gasteiger partial charge in [0, 0.05) is 24.4 Å². The number of nitrogens with one attached hydrogen (secondary N) is 1. The summed E-state index contributed by atoms with van der Waals surface area (Å²) < 4.78 is 58.4. The monoisotopic (exact) mass is 546 g/mol. The predicted molar refractivity (Wildman–Crippen MR) is 145 cm³/mol. The lowest BCUT2D eigenvalue weighted by molar-refractivity contribution is -0.133. The minimum atomic E-state index is -4.28. The minimum Gasteiger partial charge on any atom is -0.483 e. The molecule has 39 heavy (non-hydrogen) atoms. The highest BCUT2D eigenvalue weighted by atomic mass is 19.4. The summed E-state index contributed by atoms with van der Waals surface area (Å²) >= 11 is 0. The van der Waals surface area contributed by atoms with E-state index in [1.54, 1.807) is 18.3 Å². The van der Waals surface area contributed by atoms with Crippen molar-refractivity contribution in [2.75, 3.05) is 6.54 Å². The number of hydrogen-bond acceptors (Lipinski definition) is 4. The zero-order chi connectivity index (χ0) is 29.0. The molecule has 0 spiro atoms. The van der Waals surface area contributed by atoms with Gasteiger partial charge in [-0.3, -0.25) is 4.79 Å². The van der Waals surface area contributed by atoms with Crippen molar-refractivity contribution in [3.8, 4) is 5.75 Å². The lowest BCUT2D eigenvalue weighted by atomic mass is 10.0. The number of unbranched alkanes of at least 4 members (excludes halogenated alkanes) is 1. The molecule has 0 saturated carbocycles. The summed E-state index contributed by atoms with van der Waals surface area (Å²) in [4.78, 5) is 10.3. The molecule has 5 nitrogen and oxygen atoms in total. The van der Waals surface area contributed by atoms with Crippen LogP contribution in [-0.4, -0.2) is 29.2 Å². The van der Waals surface area contributed by atoms with E-state index >= 15 is 0 Å². The van der Waals surface area contributed by atoms with E-state index in [4.69, 9.17) is 14.6 Å². The number of hydrogen-bond donors (Lipinski definition) is 2. The van der Waals surface area contributed by atoms with Gasteiger partial charge in [-0.1, -0.05) is 43.7 Å². The molecule has 0 unspecified atom stereocenters. The number of nitrogens with zero attached hydrogens (tertiary/aromatic N) is 1. The maximum Gasteiger partial charge on any atom is 0.390 e. The predicted octanol–water partition coefficient (Wildman–Crippen LogP) is 7.85. The van der Waals surface area contributed by atoms with Crippen molar-refractivity contribution < 1.29 is 32.2 Å². The highest BCUT2D eigenvalue weighted by Gasteiger charge is 2.28. The van der Waals surface area contributed by atoms with Crippen molar-refractivity contribution >= 4 is 12.2 Å². The third-order valence-electron chi connectivity index (χ3n) is 5.80. The van der Waals surface area contributed by atoms with Gasteiger partial charge in [-0.2, -0.15) is 13.2 Å². The summed E-state index contributed by atoms with van der Waals surface area (Å²) in [5, 5.41) is 9.84. The number of carboxylic acid groups (broad SMARTS) is 1. The largest absolute Gasteiger partial charge is 0.483 e. The smallest absolute Gasteiger partial charge is 0.390 e. The molecule has 0 atom stereocenters. The fraction of sp³-hybridized carbons (Fsp3) is 0.300. The van der Waals surface area contributed by atoms with E-state index in [2.05, 4.69) is 11.4 Å². The summed E-state index contributed by atoms with van der Waals surface area (Å²) in [6.07, 6.45) is 3.77. The number of benzene rings is 2. The molecular weight excluding hydrogens is 512 g/mol. The molecule has 210 valence electrons. The first-order valence-corrected chi connectivity index (χ1v) is 12.5. The van der Waals surface area contributed by atoms with Crippen molar-refractivity contribution in [1.29, 1.82) is 0 Å². The Morgan fingerprint density at radius 3 is 2.44 bits per heavy atom. The Morgan fingerprint density at radius 2 is 1.85 bits per heavy atom. The molecule has 0 amide bonds. The van der Waals surface area contributed by atoms with Crippen molar-refractivity contribution in [3.05, 3.63) is 107 Å². The van der Waals surface area contributed by atoms with E-state index in [0.29, 0.717) is 17.2 Å². The second-order valence-electron chi connectivity index (χ2n) is 8.77. The standard InChI is InChI=1S/C29H32F4N2O.CH2O2/c1-5-7-11-28-26(34-15-14-29(31,32)33)18-25(36-24-10-8-9-23(30)17-24)19-35(28)27(6-2)22-13-12-20(3)21(4)16-22;2-1-3/h6,8-13,16-19,34H,5,7,14-15H2,1-4H3;1H,(H,2,3)/b27-6-,28-11+;. The van der Waals surface area contributed by atoms with E-state index in [1.165, 1.54) is 18.2 Å². The SMILES string of the molecule is C/C=C(/c1ccc(C)c(C)c1)N1C=C(Oc2cccc(F)c2)C=C(NCCC(F)(F)F)/C1=C\CCC.O=CO. The number of rotatable bonds is 9. The lowest BCUT2D eigenvalue weighted by Gasteiger charge is -2.33. The lowest BCUT2D eigenvalue weighted by Crippen LogP contribution is -2.30. The molecule has 2 aromatic rings. The maximum atomic E-state index is 13.8. The van der Waals surface area contributed by atoms with Crippen LogP contribution in [0.3, 0.4) is 0 Å². The average Bonchev–Trinajstić information content (AvgIpc) is 2.86. The van der Waals surface area contributed by atoms with Gasteiger partial charge in [0.2, 0.25) is 0 Å². The van der Waals surface area contributed by atoms with Gasteiger partial charge < -0.3 is 20.1 Å². The van der Waals surface area contributed by atoms with Gasteiger partial charge in [0.1, 0.15) is 17.3 Å². The van der Waals surface area contributed by atoms with Crippen LogP contribution in [0.2, 0.25) is 0 Å². The molecule has 0 aromatic heterocycles. The average molecular weight is 547 g/mol. The molecule has 2 aromatic carbocycles. The molecule has 2 N–H and O–H groups in total. The van der Waals surface area contributed by atoms with E-state index in [1.807, 2.05) is 56.9 Å². The maximum absolute atomic E-state index is 13.8. The highest BCUT2D eigenvalue weighted by Crippen LogP contribution is 2.34. The molecule has 1 heterocycles. The molecule has 0 aliphatic carbocycles. The summed E-state index contributed by atoms with van der Waals surface area (Å²) in [5.74, 6) is 0.217. The molecular formula is C30H34F4N2O3. The first kappa shape index (κ1) is 31.2. The van der Waals surface area contributed by atoms with Gasteiger partial charge in [0.05, 0.1) is 24.0 Å². The summed E-state index contributed by atoms with van der Waals surface area (Å²) in [5.41, 5.74) is 5.34. The summed E-state index contributed by atoms with van der Waals surface area (Å²) in [7, 11) is 0. The van der Waals surface area contributed by atoms with Crippen LogP contribution in [0.5, 0.6) is 5.75 Å². The van der Waals surface area contributed by atoms with Gasteiger partial charge in [-0.25, -0.2) is 4.39 Å². The Balaban J connectivity index is 0.00000170. The van der Waals surface area contributed by atoms with Crippen LogP contribution in [0.4, 0.5) is 17.6 Å². The number of carbonyl (C=O) groups is 1. The van der Waals surface area contributed by atoms with Crippen LogP contribution in [-0.2, 0) is 4.79 Å². The van der Waals surface area contributed by atoms with Crippen LogP contribution >= 0.6 is 0 Å². The fourth-order valence-electron chi connectivity index (χ4n) is 3.82. The number of halogens is 4. The Kier molecular flexibility index (Phi) is 11.8. The van der Waals surface area contributed by atoms with Crippen molar-refractivity contribution in [2.45, 2.75) is 53.1 Å². The van der Waals surface area contributed by atoms with E-state index in [-0.39, 0.29) is 13.0 Å². The fourth-order valence-corrected chi connectivity index (χ4v) is 3.82. The van der Waals surface area contributed by atoms with Gasteiger partial charge >= 0.3 is 6.18 Å². The molecule has 0 saturated heterocycles. The Bertz CT molecular complexity index is 1250. The molecule has 1 aliphatic heterocycles. The van der Waals surface area contributed by atoms with Crippen LogP contribution in [0.15, 0.2) is 84.0 Å². The van der Waals surface area contributed by atoms with Gasteiger partial charge in [0.25, 0.3) is 6.47 Å². The molecule has 0 bridgehead atoms. The normalized spacial score (nSPS) is 14.7. The summed E-state index contributed by atoms with van der Waals surface area (Å²) in [6, 6.07) is 11.9. The van der Waals surface area contributed by atoms with Gasteiger partial charge in [-0.05, 0) is 62.1 Å². The quantitative estimate of drug-likeness (QED) is 0.248. The number of aryl methyl sites for hydroxylation is 2. The third kappa shape index (κ3) is 9.67. The second kappa shape index (κ2) is 14.8. The van der Waals surface area contributed by atoms with E-state index < -0.39 is 18.4 Å². The second-order valence-corrected chi connectivity index (χ2v) is 8.77. The first-order valence-electron chi connectivity index (χ1n) is 12.5. The van der Waals surface area contributed by atoms with Crippen molar-refractivity contribution in [1.82, 2.24) is 10.2 Å². The van der Waals surface area contributed by atoms with Crippen molar-refractivity contribution in [3.63, 3.8) is 0 Å². The number of alkyl halides is 3. The third-order valence-corrected chi connectivity index (χ3v) is 5.80. The van der Waals surface area contributed by atoms with Crippen LogP contribution in [0, 0.1) is 19.7 Å². The van der Waals surface area contributed by atoms with Gasteiger partial charge in [0.15, 0.2) is 0 Å². The molecule has 3 rings (SSSR count). The Hall–Kier alpha value is -4.01. The number of ether oxygens (including phenoxy) is 1. The Morgan fingerprint density at radius 1 is 1.13 bits per heavy atom. The Labute approximate surface area is 226 Å². The van der Waals surface area contributed by atoms with Gasteiger partial charge in [-0.15, -0.1) is 0 Å². The number of allylic oxidation sites excluding steroid dienone is 3. The minimum absolute atomic E-state index is 0.250. The zero-order valence-corrected chi connectivity index (χ0v) is 22.5. The topological polar surface area (TPSA) is 61.8 Å². The van der Waals surface area contributed by atoms with Crippen molar-refractivity contribution in [2.24, 2.45) is 0 Å². The molecule has 1 aliphatic rings. The zero-order valence-electron chi connectivity index (χ0n) is 22.5. The van der Waals surface area contributed by atoms with E-state index in [9.17, 15) is 17.6 Å². The highest BCUT2D eigenvalue weighted by molar-refractivity contribution is 5.69. The summed E-state index contributed by atoms with van der Waals surface area (Å²) in [6.45, 7) is 7.50.